The van der Waals surface area contributed by atoms with Gasteiger partial charge in [-0.3, -0.25) is 0 Å². The van der Waals surface area contributed by atoms with E-state index >= 15 is 0 Å². The Labute approximate surface area is 199 Å². The molecule has 0 spiro atoms. The summed E-state index contributed by atoms with van der Waals surface area (Å²) in [6.07, 6.45) is 2.27. The predicted molar refractivity (Wildman–Crippen MR) is 138 cm³/mol. The van der Waals surface area contributed by atoms with Gasteiger partial charge in [-0.15, -0.1) is 0 Å². The van der Waals surface area contributed by atoms with Crippen LogP contribution in [0.5, 0.6) is 5.75 Å². The molecule has 0 N–H and O–H groups in total. The van der Waals surface area contributed by atoms with E-state index in [-0.39, 0.29) is 16.7 Å². The van der Waals surface area contributed by atoms with Gasteiger partial charge >= 0.3 is 7.25 Å². The Morgan fingerprint density at radius 3 is 1.97 bits per heavy atom. The van der Waals surface area contributed by atoms with Gasteiger partial charge in [-0.25, -0.2) is 4.49 Å². The second-order valence-electron chi connectivity index (χ2n) is 11.0. The molecule has 0 radical (unpaired) electrons. The third kappa shape index (κ3) is 5.56. The highest BCUT2D eigenvalue weighted by molar-refractivity contribution is 6.37. The van der Waals surface area contributed by atoms with Gasteiger partial charge in [-0.2, -0.15) is 0 Å². The summed E-state index contributed by atoms with van der Waals surface area (Å²) in [5, 5.41) is 0. The van der Waals surface area contributed by atoms with Gasteiger partial charge in [0.2, 0.25) is 0 Å². The maximum absolute atomic E-state index is 6.34. The van der Waals surface area contributed by atoms with Crippen LogP contribution in [0, 0.1) is 11.3 Å². The molecule has 4 heteroatoms. The van der Waals surface area contributed by atoms with Crippen molar-refractivity contribution in [3.63, 3.8) is 0 Å². The van der Waals surface area contributed by atoms with E-state index in [1.807, 2.05) is 18.2 Å². The first kappa shape index (κ1) is 23.3. The molecule has 0 bridgehead atoms. The normalized spacial score (nSPS) is 17.0. The largest absolute Gasteiger partial charge is 0.921 e. The van der Waals surface area contributed by atoms with Gasteiger partial charge < -0.3 is 9.31 Å². The van der Waals surface area contributed by atoms with E-state index in [9.17, 15) is 0 Å². The van der Waals surface area contributed by atoms with Crippen LogP contribution >= 0.6 is 0 Å². The maximum Gasteiger partial charge on any atom is 0.921 e. The fourth-order valence-electron chi connectivity index (χ4n) is 3.95. The van der Waals surface area contributed by atoms with Crippen molar-refractivity contribution in [2.24, 2.45) is 11.3 Å². The van der Waals surface area contributed by atoms with Gasteiger partial charge in [0.25, 0.3) is 0 Å². The van der Waals surface area contributed by atoms with Crippen molar-refractivity contribution in [1.82, 2.24) is 0 Å². The molecule has 3 aromatic carbocycles. The molecule has 1 unspecified atom stereocenters. The van der Waals surface area contributed by atoms with Gasteiger partial charge in [0, 0.05) is 12.1 Å². The van der Waals surface area contributed by atoms with Gasteiger partial charge in [-0.05, 0) is 51.8 Å². The van der Waals surface area contributed by atoms with Crippen LogP contribution in [0.3, 0.4) is 0 Å². The first-order valence-corrected chi connectivity index (χ1v) is 11.8. The molecule has 0 aromatic heterocycles. The molecule has 170 valence electrons. The van der Waals surface area contributed by atoms with E-state index in [4.69, 9.17) is 9.31 Å². The monoisotopic (exact) mass is 440 g/mol. The topological polar surface area (TPSA) is 21.5 Å². The van der Waals surface area contributed by atoms with E-state index in [0.717, 1.165) is 11.4 Å². The fourth-order valence-corrected chi connectivity index (χ4v) is 3.95. The highest BCUT2D eigenvalue weighted by Crippen LogP contribution is 2.31. The molecule has 0 saturated carbocycles. The molecule has 1 aliphatic heterocycles. The average molecular weight is 440 g/mol. The van der Waals surface area contributed by atoms with Crippen molar-refractivity contribution < 1.29 is 13.8 Å². The van der Waals surface area contributed by atoms with Crippen molar-refractivity contribution in [2.75, 3.05) is 6.61 Å². The molecule has 3 nitrogen and oxygen atoms in total. The molecule has 3 aromatic rings. The Balaban J connectivity index is 1.63. The lowest BCUT2D eigenvalue weighted by Gasteiger charge is -2.29. The van der Waals surface area contributed by atoms with E-state index in [1.165, 1.54) is 16.7 Å². The van der Waals surface area contributed by atoms with Crippen LogP contribution in [0.2, 0.25) is 0 Å². The lowest BCUT2D eigenvalue weighted by molar-refractivity contribution is -0.335. The molecule has 0 aliphatic carbocycles. The van der Waals surface area contributed by atoms with Crippen LogP contribution in [-0.4, -0.2) is 24.6 Å². The number of hydrogen-bond acceptors (Lipinski definition) is 2. The quantitative estimate of drug-likeness (QED) is 0.403. The van der Waals surface area contributed by atoms with Crippen LogP contribution in [0.25, 0.3) is 11.1 Å². The van der Waals surface area contributed by atoms with Crippen molar-refractivity contribution >= 4 is 19.2 Å². The van der Waals surface area contributed by atoms with Crippen molar-refractivity contribution in [3.8, 4) is 16.9 Å². The predicted octanol–water partition coefficient (Wildman–Crippen LogP) is 7.12. The first-order valence-electron chi connectivity index (χ1n) is 11.8. The van der Waals surface area contributed by atoms with Gasteiger partial charge in [-0.1, -0.05) is 84.0 Å². The number of nitrogens with zero attached hydrogens (tertiary/aromatic N) is 1. The molecule has 0 saturated heterocycles. The summed E-state index contributed by atoms with van der Waals surface area (Å²) < 4.78 is 14.7. The molecule has 4 rings (SSSR count). The van der Waals surface area contributed by atoms with E-state index < -0.39 is 7.25 Å². The second kappa shape index (κ2) is 9.19. The number of hydrogen-bond donors (Lipinski definition) is 0. The Kier molecular flexibility index (Phi) is 6.49. The minimum atomic E-state index is -0.508. The summed E-state index contributed by atoms with van der Waals surface area (Å²) in [7, 11) is -0.508. The summed E-state index contributed by atoms with van der Waals surface area (Å²) in [5.41, 5.74) is 4.95. The summed E-state index contributed by atoms with van der Waals surface area (Å²) in [6.45, 7) is 14.0. The van der Waals surface area contributed by atoms with Crippen molar-refractivity contribution in [3.05, 3.63) is 84.4 Å². The minimum absolute atomic E-state index is 0.0988. The minimum Gasteiger partial charge on any atom is -0.474 e. The molecule has 0 fully saturated rings. The van der Waals surface area contributed by atoms with Crippen LogP contribution < -0.4 is 4.65 Å². The highest BCUT2D eigenvalue weighted by atomic mass is 16.6. The fraction of sp³-hybridized carbons (Fsp3) is 0.345. The van der Waals surface area contributed by atoms with Gasteiger partial charge in [0.15, 0.2) is 5.69 Å². The third-order valence-electron chi connectivity index (χ3n) is 6.33. The van der Waals surface area contributed by atoms with Crippen molar-refractivity contribution in [1.29, 1.82) is 0 Å². The molecule has 0 amide bonds. The molecule has 1 atom stereocenters. The zero-order valence-electron chi connectivity index (χ0n) is 20.7. The summed E-state index contributed by atoms with van der Waals surface area (Å²) >= 11 is 0. The van der Waals surface area contributed by atoms with Crippen LogP contribution in [-0.2, 0) is 10.1 Å². The molecule has 1 aliphatic rings. The first-order chi connectivity index (χ1) is 15.6. The van der Waals surface area contributed by atoms with Gasteiger partial charge in [0.1, 0.15) is 12.0 Å². The van der Waals surface area contributed by atoms with Crippen LogP contribution in [0.1, 0.15) is 47.1 Å². The van der Waals surface area contributed by atoms with E-state index in [2.05, 4.69) is 113 Å². The summed E-state index contributed by atoms with van der Waals surface area (Å²) in [4.78, 5) is 0. The Bertz CT molecular complexity index is 1090. The highest BCUT2D eigenvalue weighted by Gasteiger charge is 2.48. The van der Waals surface area contributed by atoms with E-state index in [1.54, 1.807) is 0 Å². The Hall–Kier alpha value is -2.85. The average Bonchev–Trinajstić information content (AvgIpc) is 2.79. The van der Waals surface area contributed by atoms with Gasteiger partial charge in [0.05, 0.1) is 12.5 Å². The standard InChI is InChI=1S/C29H35BNO2/c1-28(2,3)24-14-18-27(19-15-24)33-30-31(20-25(21-32-30)29(4,5)6)26-16-12-23(13-17-26)22-10-8-7-9-11-22/h7-20,25H,21H2,1-6H3/q+1. The van der Waals surface area contributed by atoms with Crippen molar-refractivity contribution in [2.45, 2.75) is 47.0 Å². The lowest BCUT2D eigenvalue weighted by Crippen LogP contribution is -2.47. The SMILES string of the molecule is CC(C)(C)c1ccc(OB2OCC(C(C)(C)C)C=[N+]2c2ccc(-c3ccccc3)cc2)cc1. The smallest absolute Gasteiger partial charge is 0.474 e. The van der Waals surface area contributed by atoms with Crippen LogP contribution in [0.4, 0.5) is 5.69 Å². The second-order valence-corrected chi connectivity index (χ2v) is 11.0. The zero-order valence-corrected chi connectivity index (χ0v) is 20.7. The summed E-state index contributed by atoms with van der Waals surface area (Å²) in [6, 6.07) is 27.4. The maximum atomic E-state index is 6.34. The van der Waals surface area contributed by atoms with Crippen LogP contribution in [0.15, 0.2) is 78.9 Å². The summed E-state index contributed by atoms with van der Waals surface area (Å²) in [5.74, 6) is 1.09. The zero-order chi connectivity index (χ0) is 23.6. The molecular formula is C29H35BNO2+. The number of rotatable bonds is 4. The molecular weight excluding hydrogens is 405 g/mol. The molecule has 1 heterocycles. The third-order valence-corrected chi connectivity index (χ3v) is 6.33. The molecule has 33 heavy (non-hydrogen) atoms. The van der Waals surface area contributed by atoms with E-state index in [0.29, 0.717) is 6.61 Å². The Morgan fingerprint density at radius 1 is 0.788 bits per heavy atom. The number of benzene rings is 3. The lowest BCUT2D eigenvalue weighted by atomic mass is 9.80. The Morgan fingerprint density at radius 2 is 1.39 bits per heavy atom.